The van der Waals surface area contributed by atoms with Crippen LogP contribution in [-0.4, -0.2) is 52.4 Å². The summed E-state index contributed by atoms with van der Waals surface area (Å²) in [4.78, 5) is 0. The average molecular weight is 246 g/mol. The van der Waals surface area contributed by atoms with Crippen LogP contribution in [0.1, 0.15) is 0 Å². The lowest BCUT2D eigenvalue weighted by atomic mass is 10.9. The van der Waals surface area contributed by atoms with Gasteiger partial charge >= 0.3 is 0 Å². The summed E-state index contributed by atoms with van der Waals surface area (Å²) in [6.45, 7) is 0. The summed E-state index contributed by atoms with van der Waals surface area (Å²) in [6, 6.07) is 0. The maximum Gasteiger partial charge on any atom is 0.152 e. The molecule has 0 heterocycles. The van der Waals surface area contributed by atoms with Crippen molar-refractivity contribution >= 4 is 31.4 Å². The number of hydrogen-bond donors (Lipinski definition) is 0. The van der Waals surface area contributed by atoms with Crippen LogP contribution in [0, 0.1) is 0 Å². The van der Waals surface area contributed by atoms with Gasteiger partial charge in [-0.25, -0.2) is 16.8 Å². The first-order valence-corrected chi connectivity index (χ1v) is 8.91. The van der Waals surface area contributed by atoms with Crippen LogP contribution in [0.3, 0.4) is 0 Å². The van der Waals surface area contributed by atoms with Crippen molar-refractivity contribution in [2.45, 2.75) is 0 Å². The van der Waals surface area contributed by atoms with Crippen LogP contribution in [-0.2, 0) is 19.7 Å². The van der Waals surface area contributed by atoms with E-state index in [1.807, 2.05) is 6.26 Å². The van der Waals surface area contributed by atoms with Gasteiger partial charge in [-0.3, -0.25) is 0 Å². The number of thioether (sulfide) groups is 1. The first kappa shape index (κ1) is 13.2. The Bertz CT molecular complexity index is 327. The fourth-order valence-electron chi connectivity index (χ4n) is 0.591. The fourth-order valence-corrected chi connectivity index (χ4v) is 4.70. The summed E-state index contributed by atoms with van der Waals surface area (Å²) in [7, 11) is -6.35. The van der Waals surface area contributed by atoms with Crippen molar-refractivity contribution in [3.8, 4) is 0 Å². The van der Waals surface area contributed by atoms with E-state index in [1.54, 1.807) is 0 Å². The minimum absolute atomic E-state index is 0.0592. The molecule has 0 N–H and O–H groups in total. The third kappa shape index (κ3) is 8.58. The predicted octanol–water partition coefficient (Wildman–Crippen LogP) is -0.191. The van der Waals surface area contributed by atoms with E-state index in [0.29, 0.717) is 5.75 Å². The summed E-state index contributed by atoms with van der Waals surface area (Å²) < 4.78 is 43.7. The first-order chi connectivity index (χ1) is 5.77. The largest absolute Gasteiger partial charge is 0.229 e. The second-order valence-electron chi connectivity index (χ2n) is 2.77. The van der Waals surface area contributed by atoms with Crippen LogP contribution in [0.15, 0.2) is 0 Å². The minimum atomic E-state index is -3.18. The lowest BCUT2D eigenvalue weighted by Gasteiger charge is -2.01. The summed E-state index contributed by atoms with van der Waals surface area (Å²) in [5.74, 6) is 0.0475. The van der Waals surface area contributed by atoms with Gasteiger partial charge < -0.3 is 0 Å². The van der Waals surface area contributed by atoms with E-state index in [2.05, 4.69) is 0 Å². The van der Waals surface area contributed by atoms with E-state index in [0.717, 1.165) is 6.26 Å². The van der Waals surface area contributed by atoms with Gasteiger partial charge in [-0.2, -0.15) is 11.8 Å². The van der Waals surface area contributed by atoms with E-state index < -0.39 is 19.7 Å². The van der Waals surface area contributed by atoms with E-state index >= 15 is 0 Å². The SMILES string of the molecule is CSCCS(=O)(=O)CCS(C)(=O)=O. The maximum absolute atomic E-state index is 11.2. The smallest absolute Gasteiger partial charge is 0.152 e. The molecular formula is C6H14O4S3. The molecule has 0 saturated heterocycles. The molecule has 7 heteroatoms. The highest BCUT2D eigenvalue weighted by Crippen LogP contribution is 1.98. The van der Waals surface area contributed by atoms with Gasteiger partial charge in [0, 0.05) is 12.0 Å². The predicted molar refractivity (Wildman–Crippen MR) is 56.7 cm³/mol. The molecule has 0 bridgehead atoms. The molecule has 0 atom stereocenters. The molecule has 4 nitrogen and oxygen atoms in total. The molecule has 0 aliphatic rings. The molecule has 0 unspecified atom stereocenters. The van der Waals surface area contributed by atoms with Gasteiger partial charge in [-0.05, 0) is 6.26 Å². The topological polar surface area (TPSA) is 68.3 Å². The van der Waals surface area contributed by atoms with Gasteiger partial charge in [0.05, 0.1) is 17.3 Å². The number of hydrogen-bond acceptors (Lipinski definition) is 5. The van der Waals surface area contributed by atoms with E-state index in [1.165, 1.54) is 11.8 Å². The van der Waals surface area contributed by atoms with Crippen molar-refractivity contribution in [1.82, 2.24) is 0 Å². The molecular weight excluding hydrogens is 232 g/mol. The normalized spacial score (nSPS) is 13.1. The lowest BCUT2D eigenvalue weighted by Crippen LogP contribution is -2.19. The first-order valence-electron chi connectivity index (χ1n) is 3.64. The van der Waals surface area contributed by atoms with E-state index in [4.69, 9.17) is 0 Å². The highest BCUT2D eigenvalue weighted by Gasteiger charge is 2.13. The molecule has 0 aromatic heterocycles. The third-order valence-corrected chi connectivity index (χ3v) is 5.09. The number of rotatable bonds is 6. The molecule has 0 aromatic rings. The Morgan fingerprint density at radius 1 is 1.00 bits per heavy atom. The highest BCUT2D eigenvalue weighted by atomic mass is 32.2. The molecule has 0 rings (SSSR count). The van der Waals surface area contributed by atoms with Crippen LogP contribution < -0.4 is 0 Å². The quantitative estimate of drug-likeness (QED) is 0.650. The van der Waals surface area contributed by atoms with Gasteiger partial charge in [0.25, 0.3) is 0 Å². The molecule has 0 spiro atoms. The van der Waals surface area contributed by atoms with Gasteiger partial charge in [0.2, 0.25) is 0 Å². The zero-order chi connectivity index (χ0) is 10.5. The molecule has 0 fully saturated rings. The Morgan fingerprint density at radius 2 is 1.54 bits per heavy atom. The van der Waals surface area contributed by atoms with Crippen molar-refractivity contribution in [1.29, 1.82) is 0 Å². The molecule has 0 amide bonds. The molecule has 0 aliphatic carbocycles. The Kier molecular flexibility index (Phi) is 5.31. The minimum Gasteiger partial charge on any atom is -0.229 e. The highest BCUT2D eigenvalue weighted by molar-refractivity contribution is 8.00. The average Bonchev–Trinajstić information content (AvgIpc) is 1.97. The van der Waals surface area contributed by atoms with Crippen molar-refractivity contribution in [2.75, 3.05) is 35.5 Å². The van der Waals surface area contributed by atoms with Crippen LogP contribution >= 0.6 is 11.8 Å². The third-order valence-electron chi connectivity index (χ3n) is 1.36. The Labute approximate surface area is 83.9 Å². The van der Waals surface area contributed by atoms with Crippen molar-refractivity contribution < 1.29 is 16.8 Å². The van der Waals surface area contributed by atoms with Gasteiger partial charge in [0.15, 0.2) is 9.84 Å². The fraction of sp³-hybridized carbons (Fsp3) is 1.00. The monoisotopic (exact) mass is 246 g/mol. The van der Waals surface area contributed by atoms with Gasteiger partial charge in [-0.1, -0.05) is 0 Å². The van der Waals surface area contributed by atoms with E-state index in [9.17, 15) is 16.8 Å². The molecule has 0 aromatic carbocycles. The van der Waals surface area contributed by atoms with Crippen LogP contribution in [0.25, 0.3) is 0 Å². The standard InChI is InChI=1S/C6H14O4S3/c1-11-3-4-13(9,10)6-5-12(2,7)8/h3-6H2,1-2H3. The van der Waals surface area contributed by atoms with Crippen molar-refractivity contribution in [3.63, 3.8) is 0 Å². The Balaban J connectivity index is 4.05. The zero-order valence-electron chi connectivity index (χ0n) is 7.69. The summed E-state index contributed by atoms with van der Waals surface area (Å²) >= 11 is 1.43. The molecule has 0 radical (unpaired) electrons. The van der Waals surface area contributed by atoms with Crippen LogP contribution in [0.4, 0.5) is 0 Å². The summed E-state index contributed by atoms with van der Waals surface area (Å²) in [5, 5.41) is 0. The molecule has 0 saturated carbocycles. The molecule has 80 valence electrons. The van der Waals surface area contributed by atoms with Gasteiger partial charge in [0.1, 0.15) is 9.84 Å². The maximum atomic E-state index is 11.2. The molecule has 0 aliphatic heterocycles. The Morgan fingerprint density at radius 3 is 1.92 bits per heavy atom. The number of sulfone groups is 2. The summed E-state index contributed by atoms with van der Waals surface area (Å²) in [5.41, 5.74) is 0. The second-order valence-corrected chi connectivity index (χ2v) is 8.32. The van der Waals surface area contributed by atoms with Crippen molar-refractivity contribution in [3.05, 3.63) is 0 Å². The second kappa shape index (κ2) is 5.21. The van der Waals surface area contributed by atoms with Crippen LogP contribution in [0.2, 0.25) is 0 Å². The Hall–Kier alpha value is 0.250. The molecule has 13 heavy (non-hydrogen) atoms. The zero-order valence-corrected chi connectivity index (χ0v) is 10.1. The van der Waals surface area contributed by atoms with Crippen molar-refractivity contribution in [2.24, 2.45) is 0 Å². The van der Waals surface area contributed by atoms with Crippen LogP contribution in [0.5, 0.6) is 0 Å². The summed E-state index contributed by atoms with van der Waals surface area (Å²) in [6.07, 6.45) is 2.85. The van der Waals surface area contributed by atoms with E-state index in [-0.39, 0.29) is 17.3 Å². The lowest BCUT2D eigenvalue weighted by molar-refractivity contribution is 0.591. The van der Waals surface area contributed by atoms with Gasteiger partial charge in [-0.15, -0.1) is 0 Å².